The van der Waals surface area contributed by atoms with Gasteiger partial charge in [0.15, 0.2) is 0 Å². The lowest BCUT2D eigenvalue weighted by Gasteiger charge is -2.22. The van der Waals surface area contributed by atoms with Crippen LogP contribution in [0.4, 0.5) is 0 Å². The molecule has 0 N–H and O–H groups in total. The van der Waals surface area contributed by atoms with Crippen LogP contribution in [-0.4, -0.2) is 27.6 Å². The summed E-state index contributed by atoms with van der Waals surface area (Å²) in [5.41, 5.74) is 2.73. The summed E-state index contributed by atoms with van der Waals surface area (Å²) in [5.74, 6) is 1.25. The summed E-state index contributed by atoms with van der Waals surface area (Å²) in [5, 5.41) is 2.03. The minimum Gasteiger partial charge on any atom is -0.473 e. The predicted octanol–water partition coefficient (Wildman–Crippen LogP) is 9.84. The van der Waals surface area contributed by atoms with Crippen LogP contribution in [0.25, 0.3) is 21.6 Å². The molecule has 0 fully saturated rings. The SMILES string of the molecule is CC.CC(C)C(=O)OC(C)(C)C.CC(C)C(C)(C)C.CC(C)Oc1nc2ccccc2nc1-c1cccs1. The zero-order chi connectivity index (χ0) is 29.7. The van der Waals surface area contributed by atoms with Crippen molar-refractivity contribution in [2.75, 3.05) is 0 Å². The molecule has 0 atom stereocenters. The molecule has 1 aromatic carbocycles. The number of esters is 1. The Kier molecular flexibility index (Phi) is 15.4. The fourth-order valence-electron chi connectivity index (χ4n) is 2.28. The smallest absolute Gasteiger partial charge is 0.308 e. The molecule has 2 heterocycles. The molecule has 0 bridgehead atoms. The number of fused-ring (bicyclic) bond motifs is 1. The van der Waals surface area contributed by atoms with Gasteiger partial charge in [-0.25, -0.2) is 9.97 Å². The number of hydrogen-bond acceptors (Lipinski definition) is 6. The van der Waals surface area contributed by atoms with Crippen LogP contribution in [0.2, 0.25) is 0 Å². The molecule has 214 valence electrons. The molecule has 0 aliphatic heterocycles. The maximum Gasteiger partial charge on any atom is 0.308 e. The Labute approximate surface area is 236 Å². The van der Waals surface area contributed by atoms with Crippen molar-refractivity contribution in [3.05, 3.63) is 41.8 Å². The Balaban J connectivity index is 0.000000610. The molecule has 0 aliphatic rings. The van der Waals surface area contributed by atoms with E-state index in [-0.39, 0.29) is 23.6 Å². The van der Waals surface area contributed by atoms with Gasteiger partial charge < -0.3 is 9.47 Å². The number of para-hydroxylation sites is 2. The normalized spacial score (nSPS) is 11.2. The van der Waals surface area contributed by atoms with E-state index in [4.69, 9.17) is 14.5 Å². The van der Waals surface area contributed by atoms with E-state index in [0.717, 1.165) is 27.5 Å². The molecule has 3 rings (SSSR count). The number of ether oxygens (including phenoxy) is 2. The third-order valence-electron chi connectivity index (χ3n) is 5.25. The molecular weight excluding hydrogens is 492 g/mol. The van der Waals surface area contributed by atoms with Crippen LogP contribution in [0.1, 0.15) is 96.9 Å². The average Bonchev–Trinajstić information content (AvgIpc) is 3.33. The molecule has 0 aliphatic carbocycles. The fraction of sp³-hybridized carbons (Fsp3) is 0.594. The lowest BCUT2D eigenvalue weighted by atomic mass is 9.84. The van der Waals surface area contributed by atoms with Gasteiger partial charge in [-0.1, -0.05) is 80.5 Å². The first kappa shape index (κ1) is 35.5. The number of aromatic nitrogens is 2. The van der Waals surface area contributed by atoms with Crippen molar-refractivity contribution in [1.82, 2.24) is 9.97 Å². The van der Waals surface area contributed by atoms with E-state index < -0.39 is 0 Å². The molecule has 2 aromatic heterocycles. The number of benzene rings is 1. The molecule has 3 aromatic rings. The van der Waals surface area contributed by atoms with Gasteiger partial charge in [0, 0.05) is 0 Å². The summed E-state index contributed by atoms with van der Waals surface area (Å²) in [4.78, 5) is 21.3. The van der Waals surface area contributed by atoms with Crippen LogP contribution in [0, 0.1) is 17.3 Å². The van der Waals surface area contributed by atoms with E-state index in [0.29, 0.717) is 11.3 Å². The van der Waals surface area contributed by atoms with Crippen molar-refractivity contribution in [3.8, 4) is 16.5 Å². The van der Waals surface area contributed by atoms with Crippen LogP contribution in [-0.2, 0) is 9.53 Å². The lowest BCUT2D eigenvalue weighted by Crippen LogP contribution is -2.26. The van der Waals surface area contributed by atoms with Gasteiger partial charge in [-0.3, -0.25) is 4.79 Å². The maximum absolute atomic E-state index is 10.9. The topological polar surface area (TPSA) is 61.3 Å². The molecule has 0 saturated heterocycles. The van der Waals surface area contributed by atoms with E-state index in [1.165, 1.54) is 0 Å². The average molecular weight is 545 g/mol. The largest absolute Gasteiger partial charge is 0.473 e. The minimum atomic E-state index is -0.346. The second kappa shape index (κ2) is 16.5. The van der Waals surface area contributed by atoms with Gasteiger partial charge in [-0.15, -0.1) is 11.3 Å². The highest BCUT2D eigenvalue weighted by Gasteiger charge is 2.18. The third-order valence-corrected chi connectivity index (χ3v) is 6.13. The highest BCUT2D eigenvalue weighted by molar-refractivity contribution is 7.13. The van der Waals surface area contributed by atoms with Crippen molar-refractivity contribution in [2.45, 2.75) is 109 Å². The van der Waals surface area contributed by atoms with Gasteiger partial charge in [0.1, 0.15) is 11.3 Å². The summed E-state index contributed by atoms with van der Waals surface area (Å²) in [6.45, 7) is 28.5. The Morgan fingerprint density at radius 2 is 1.32 bits per heavy atom. The number of hydrogen-bond donors (Lipinski definition) is 0. The second-order valence-corrected chi connectivity index (χ2v) is 12.7. The summed E-state index contributed by atoms with van der Waals surface area (Å²) in [6, 6.07) is 11.9. The van der Waals surface area contributed by atoms with Crippen molar-refractivity contribution in [1.29, 1.82) is 0 Å². The Hall–Kier alpha value is -2.47. The second-order valence-electron chi connectivity index (χ2n) is 11.7. The highest BCUT2D eigenvalue weighted by Crippen LogP contribution is 2.32. The number of nitrogens with zero attached hydrogens (tertiary/aromatic N) is 2. The molecule has 6 heteroatoms. The zero-order valence-corrected chi connectivity index (χ0v) is 27.1. The van der Waals surface area contributed by atoms with Gasteiger partial charge in [0.05, 0.1) is 27.9 Å². The summed E-state index contributed by atoms with van der Waals surface area (Å²) in [7, 11) is 0. The van der Waals surface area contributed by atoms with Gasteiger partial charge in [0.2, 0.25) is 5.88 Å². The van der Waals surface area contributed by atoms with Crippen LogP contribution in [0.3, 0.4) is 0 Å². The number of rotatable bonds is 4. The van der Waals surface area contributed by atoms with Crippen molar-refractivity contribution >= 4 is 28.3 Å². The first-order valence-corrected chi connectivity index (χ1v) is 14.6. The van der Waals surface area contributed by atoms with Crippen LogP contribution < -0.4 is 4.74 Å². The van der Waals surface area contributed by atoms with Crippen molar-refractivity contribution < 1.29 is 14.3 Å². The monoisotopic (exact) mass is 544 g/mol. The molecule has 0 saturated carbocycles. The van der Waals surface area contributed by atoms with Crippen LogP contribution in [0.15, 0.2) is 41.8 Å². The number of carbonyl (C=O) groups is 1. The standard InChI is InChI=1S/C15H14N2OS.C8H16O2.C7H16.C2H6/c1-10(2)18-15-14(13-8-5-9-19-13)16-11-6-3-4-7-12(11)17-15;1-6(2)7(9)10-8(3,4)5;1-6(2)7(3,4)5;1-2/h3-10H,1-2H3;6H,1-5H3;6H,1-5H3;1-2H3. The predicted molar refractivity (Wildman–Crippen MR) is 165 cm³/mol. The Bertz CT molecular complexity index is 1060. The lowest BCUT2D eigenvalue weighted by molar-refractivity contribution is -0.158. The van der Waals surface area contributed by atoms with E-state index >= 15 is 0 Å². The number of carbonyl (C=O) groups excluding carboxylic acids is 1. The first-order chi connectivity index (χ1) is 17.5. The minimum absolute atomic E-state index is 0.0285. The molecule has 0 amide bonds. The maximum atomic E-state index is 10.9. The fourth-order valence-corrected chi connectivity index (χ4v) is 2.99. The van der Waals surface area contributed by atoms with Crippen LogP contribution in [0.5, 0.6) is 5.88 Å². The van der Waals surface area contributed by atoms with Gasteiger partial charge in [0.25, 0.3) is 0 Å². The van der Waals surface area contributed by atoms with Crippen LogP contribution >= 0.6 is 11.3 Å². The third kappa shape index (κ3) is 13.9. The molecule has 0 unspecified atom stereocenters. The van der Waals surface area contributed by atoms with Crippen molar-refractivity contribution in [2.24, 2.45) is 17.3 Å². The Morgan fingerprint density at radius 3 is 1.66 bits per heavy atom. The van der Waals surface area contributed by atoms with Crippen molar-refractivity contribution in [3.63, 3.8) is 0 Å². The highest BCUT2D eigenvalue weighted by atomic mass is 32.1. The van der Waals surface area contributed by atoms with E-state index in [2.05, 4.69) is 39.6 Å². The quantitative estimate of drug-likeness (QED) is 0.306. The van der Waals surface area contributed by atoms with Gasteiger partial charge >= 0.3 is 5.97 Å². The van der Waals surface area contributed by atoms with E-state index in [1.807, 2.05) is 104 Å². The van der Waals surface area contributed by atoms with Gasteiger partial charge in [-0.05, 0) is 69.5 Å². The molecule has 0 spiro atoms. The van der Waals surface area contributed by atoms with E-state index in [1.54, 1.807) is 11.3 Å². The summed E-state index contributed by atoms with van der Waals surface area (Å²) in [6.07, 6.45) is 0.0779. The summed E-state index contributed by atoms with van der Waals surface area (Å²) < 4.78 is 10.9. The molecular formula is C32H52N2O3S. The van der Waals surface area contributed by atoms with E-state index in [9.17, 15) is 4.79 Å². The summed E-state index contributed by atoms with van der Waals surface area (Å²) >= 11 is 1.64. The molecule has 5 nitrogen and oxygen atoms in total. The molecule has 0 radical (unpaired) electrons. The first-order valence-electron chi connectivity index (χ1n) is 13.7. The number of thiophene rings is 1. The zero-order valence-electron chi connectivity index (χ0n) is 26.3. The molecule has 38 heavy (non-hydrogen) atoms. The Morgan fingerprint density at radius 1 is 0.816 bits per heavy atom. The van der Waals surface area contributed by atoms with Gasteiger partial charge in [-0.2, -0.15) is 0 Å².